The summed E-state index contributed by atoms with van der Waals surface area (Å²) in [7, 11) is 1.91. The second-order valence-electron chi connectivity index (χ2n) is 4.81. The van der Waals surface area contributed by atoms with Gasteiger partial charge in [0.15, 0.2) is 0 Å². The van der Waals surface area contributed by atoms with E-state index in [0.717, 1.165) is 5.69 Å². The molecule has 0 fully saturated rings. The predicted molar refractivity (Wildman–Crippen MR) is 73.0 cm³/mol. The van der Waals surface area contributed by atoms with Crippen LogP contribution in [0.4, 0.5) is 0 Å². The standard InChI is InChI=1S/C14H20N4/c1-9-7-11(3)12(8-10(9)2)14(16-15)13-5-6-18(4)17-13/h5-8,14,16H,15H2,1-4H3. The molecule has 0 spiro atoms. The summed E-state index contributed by atoms with van der Waals surface area (Å²) in [6.45, 7) is 6.34. The minimum absolute atomic E-state index is 0.0644. The average molecular weight is 244 g/mol. The maximum atomic E-state index is 5.70. The topological polar surface area (TPSA) is 55.9 Å². The lowest BCUT2D eigenvalue weighted by Gasteiger charge is -2.18. The van der Waals surface area contributed by atoms with Crippen molar-refractivity contribution in [2.45, 2.75) is 26.8 Å². The number of hydrazine groups is 1. The predicted octanol–water partition coefficient (Wildman–Crippen LogP) is 1.90. The van der Waals surface area contributed by atoms with Gasteiger partial charge in [-0.1, -0.05) is 12.1 Å². The highest BCUT2D eigenvalue weighted by Crippen LogP contribution is 2.25. The third-order valence-electron chi connectivity index (χ3n) is 3.39. The van der Waals surface area contributed by atoms with Gasteiger partial charge in [0.1, 0.15) is 0 Å². The van der Waals surface area contributed by atoms with Crippen molar-refractivity contribution in [2.75, 3.05) is 0 Å². The minimum atomic E-state index is -0.0644. The summed E-state index contributed by atoms with van der Waals surface area (Å²) < 4.78 is 1.79. The zero-order valence-electron chi connectivity index (χ0n) is 11.4. The Balaban J connectivity index is 2.48. The fraction of sp³-hybridized carbons (Fsp3) is 0.357. The highest BCUT2D eigenvalue weighted by Gasteiger charge is 2.17. The molecule has 1 heterocycles. The van der Waals surface area contributed by atoms with E-state index in [1.165, 1.54) is 22.3 Å². The Bertz CT molecular complexity index is 557. The monoisotopic (exact) mass is 244 g/mol. The van der Waals surface area contributed by atoms with Gasteiger partial charge >= 0.3 is 0 Å². The van der Waals surface area contributed by atoms with E-state index in [9.17, 15) is 0 Å². The Labute approximate surface area is 108 Å². The molecule has 0 aliphatic rings. The molecule has 2 aromatic rings. The van der Waals surface area contributed by atoms with Gasteiger partial charge in [-0.2, -0.15) is 5.10 Å². The fourth-order valence-electron chi connectivity index (χ4n) is 2.22. The van der Waals surface area contributed by atoms with Crippen LogP contribution in [0.2, 0.25) is 0 Å². The quantitative estimate of drug-likeness (QED) is 0.640. The van der Waals surface area contributed by atoms with Crippen molar-refractivity contribution in [3.05, 3.63) is 52.3 Å². The maximum Gasteiger partial charge on any atom is 0.0902 e. The first-order chi connectivity index (χ1) is 8.52. The van der Waals surface area contributed by atoms with Crippen LogP contribution in [0.15, 0.2) is 24.4 Å². The molecular formula is C14H20N4. The van der Waals surface area contributed by atoms with E-state index in [0.29, 0.717) is 0 Å². The van der Waals surface area contributed by atoms with Crippen LogP contribution in [-0.2, 0) is 7.05 Å². The summed E-state index contributed by atoms with van der Waals surface area (Å²) in [6.07, 6.45) is 1.93. The highest BCUT2D eigenvalue weighted by molar-refractivity contribution is 5.40. The van der Waals surface area contributed by atoms with Gasteiger partial charge < -0.3 is 0 Å². The Kier molecular flexibility index (Phi) is 3.50. The lowest BCUT2D eigenvalue weighted by atomic mass is 9.94. The summed E-state index contributed by atoms with van der Waals surface area (Å²) in [5, 5.41) is 4.43. The van der Waals surface area contributed by atoms with Crippen molar-refractivity contribution >= 4 is 0 Å². The molecule has 0 amide bonds. The summed E-state index contributed by atoms with van der Waals surface area (Å²) in [5.41, 5.74) is 8.77. The number of rotatable bonds is 3. The van der Waals surface area contributed by atoms with Gasteiger partial charge in [0.2, 0.25) is 0 Å². The van der Waals surface area contributed by atoms with Crippen LogP contribution in [-0.4, -0.2) is 9.78 Å². The third-order valence-corrected chi connectivity index (χ3v) is 3.39. The van der Waals surface area contributed by atoms with Gasteiger partial charge in [0.05, 0.1) is 11.7 Å². The van der Waals surface area contributed by atoms with Crippen molar-refractivity contribution in [3.8, 4) is 0 Å². The summed E-state index contributed by atoms with van der Waals surface area (Å²) in [4.78, 5) is 0. The number of nitrogens with one attached hydrogen (secondary N) is 1. The molecule has 0 radical (unpaired) electrons. The number of aromatic nitrogens is 2. The first kappa shape index (κ1) is 12.8. The smallest absolute Gasteiger partial charge is 0.0902 e. The first-order valence-electron chi connectivity index (χ1n) is 6.06. The molecule has 96 valence electrons. The summed E-state index contributed by atoms with van der Waals surface area (Å²) >= 11 is 0. The van der Waals surface area contributed by atoms with Gasteiger partial charge in [0, 0.05) is 13.2 Å². The van der Waals surface area contributed by atoms with E-state index < -0.39 is 0 Å². The van der Waals surface area contributed by atoms with Crippen molar-refractivity contribution in [3.63, 3.8) is 0 Å². The van der Waals surface area contributed by atoms with E-state index in [-0.39, 0.29) is 6.04 Å². The molecule has 0 aliphatic heterocycles. The fourth-order valence-corrected chi connectivity index (χ4v) is 2.22. The molecule has 0 saturated heterocycles. The van der Waals surface area contributed by atoms with E-state index >= 15 is 0 Å². The molecule has 18 heavy (non-hydrogen) atoms. The van der Waals surface area contributed by atoms with Crippen LogP contribution in [0.3, 0.4) is 0 Å². The third kappa shape index (κ3) is 2.30. The molecule has 4 heteroatoms. The van der Waals surface area contributed by atoms with Crippen LogP contribution in [0.5, 0.6) is 0 Å². The number of aryl methyl sites for hydroxylation is 4. The summed E-state index contributed by atoms with van der Waals surface area (Å²) in [6, 6.07) is 6.30. The van der Waals surface area contributed by atoms with Crippen LogP contribution >= 0.6 is 0 Å². The van der Waals surface area contributed by atoms with Crippen LogP contribution in [0.25, 0.3) is 0 Å². The van der Waals surface area contributed by atoms with E-state index in [4.69, 9.17) is 5.84 Å². The van der Waals surface area contributed by atoms with Gasteiger partial charge in [0.25, 0.3) is 0 Å². The van der Waals surface area contributed by atoms with Crippen molar-refractivity contribution in [2.24, 2.45) is 12.9 Å². The lowest BCUT2D eigenvalue weighted by Crippen LogP contribution is -2.30. The van der Waals surface area contributed by atoms with Crippen molar-refractivity contribution < 1.29 is 0 Å². The molecule has 0 saturated carbocycles. The minimum Gasteiger partial charge on any atom is -0.275 e. The van der Waals surface area contributed by atoms with Crippen LogP contribution in [0, 0.1) is 20.8 Å². The molecule has 0 aliphatic carbocycles. The number of hydrogen-bond acceptors (Lipinski definition) is 3. The summed E-state index contributed by atoms with van der Waals surface area (Å²) in [5.74, 6) is 5.70. The molecular weight excluding hydrogens is 224 g/mol. The van der Waals surface area contributed by atoms with E-state index in [1.807, 2.05) is 19.3 Å². The van der Waals surface area contributed by atoms with E-state index in [2.05, 4.69) is 43.4 Å². The SMILES string of the molecule is Cc1cc(C)c(C(NN)c2ccn(C)n2)cc1C. The van der Waals surface area contributed by atoms with Gasteiger partial charge in [-0.05, 0) is 49.1 Å². The molecule has 3 N–H and O–H groups in total. The maximum absolute atomic E-state index is 5.70. The molecule has 1 aromatic carbocycles. The number of hydrogen-bond donors (Lipinski definition) is 2. The largest absolute Gasteiger partial charge is 0.275 e. The zero-order chi connectivity index (χ0) is 13.3. The Morgan fingerprint density at radius 2 is 1.83 bits per heavy atom. The van der Waals surface area contributed by atoms with E-state index in [1.54, 1.807) is 4.68 Å². The Hall–Kier alpha value is -1.65. The second-order valence-corrected chi connectivity index (χ2v) is 4.81. The zero-order valence-corrected chi connectivity index (χ0v) is 11.4. The lowest BCUT2D eigenvalue weighted by molar-refractivity contribution is 0.600. The molecule has 4 nitrogen and oxygen atoms in total. The normalized spacial score (nSPS) is 12.7. The van der Waals surface area contributed by atoms with Gasteiger partial charge in [-0.3, -0.25) is 10.5 Å². The van der Waals surface area contributed by atoms with Crippen LogP contribution in [0.1, 0.15) is 34.0 Å². The molecule has 2 rings (SSSR count). The van der Waals surface area contributed by atoms with Gasteiger partial charge in [-0.15, -0.1) is 0 Å². The molecule has 1 unspecified atom stereocenters. The highest BCUT2D eigenvalue weighted by atomic mass is 15.3. The average Bonchev–Trinajstić information content (AvgIpc) is 2.73. The van der Waals surface area contributed by atoms with Crippen LogP contribution < -0.4 is 11.3 Å². The molecule has 1 atom stereocenters. The number of nitrogens with zero attached hydrogens (tertiary/aromatic N) is 2. The number of benzene rings is 1. The van der Waals surface area contributed by atoms with Gasteiger partial charge in [-0.25, -0.2) is 5.43 Å². The molecule has 0 bridgehead atoms. The second kappa shape index (κ2) is 4.92. The Morgan fingerprint density at radius 1 is 1.17 bits per heavy atom. The van der Waals surface area contributed by atoms with Crippen molar-refractivity contribution in [1.29, 1.82) is 0 Å². The molecule has 1 aromatic heterocycles. The van der Waals surface area contributed by atoms with Crippen molar-refractivity contribution in [1.82, 2.24) is 15.2 Å². The number of nitrogens with two attached hydrogens (primary N) is 1. The first-order valence-corrected chi connectivity index (χ1v) is 6.06. The Morgan fingerprint density at radius 3 is 2.39 bits per heavy atom.